The third kappa shape index (κ3) is 3.56. The van der Waals surface area contributed by atoms with Crippen LogP contribution in [0, 0.1) is 0 Å². The van der Waals surface area contributed by atoms with E-state index in [9.17, 15) is 4.79 Å². The van der Waals surface area contributed by atoms with Gasteiger partial charge in [0.15, 0.2) is 11.5 Å². The maximum atomic E-state index is 12.4. The molecule has 0 spiro atoms. The summed E-state index contributed by atoms with van der Waals surface area (Å²) in [4.78, 5) is 12.4. The maximum Gasteiger partial charge on any atom is 0.269 e. The van der Waals surface area contributed by atoms with Crippen LogP contribution in [-0.2, 0) is 4.79 Å². The fourth-order valence-corrected chi connectivity index (χ4v) is 2.27. The van der Waals surface area contributed by atoms with Crippen molar-refractivity contribution >= 4 is 11.6 Å². The molecule has 1 unspecified atom stereocenters. The van der Waals surface area contributed by atoms with Crippen LogP contribution >= 0.6 is 0 Å². The molecule has 2 aromatic rings. The van der Waals surface area contributed by atoms with Gasteiger partial charge in [-0.1, -0.05) is 31.2 Å². The molecule has 23 heavy (non-hydrogen) atoms. The number of amides is 1. The van der Waals surface area contributed by atoms with E-state index in [-0.39, 0.29) is 12.5 Å². The van der Waals surface area contributed by atoms with Gasteiger partial charge in [-0.25, -0.2) is 0 Å². The molecular weight excluding hydrogens is 294 g/mol. The Bertz CT molecular complexity index is 686. The summed E-state index contributed by atoms with van der Waals surface area (Å²) < 4.78 is 16.9. The summed E-state index contributed by atoms with van der Waals surface area (Å²) in [7, 11) is 0. The third-order valence-electron chi connectivity index (χ3n) is 3.41. The molecule has 1 amide bonds. The first-order chi connectivity index (χ1) is 11.3. The second kappa shape index (κ2) is 7.05. The van der Waals surface area contributed by atoms with Gasteiger partial charge in [0.25, 0.3) is 5.91 Å². The number of nitrogens with one attached hydrogen (secondary N) is 1. The first kappa shape index (κ1) is 15.2. The molecule has 1 aliphatic heterocycles. The Morgan fingerprint density at radius 2 is 1.91 bits per heavy atom. The monoisotopic (exact) mass is 313 g/mol. The van der Waals surface area contributed by atoms with E-state index in [1.54, 1.807) is 12.1 Å². The molecule has 0 aromatic heterocycles. The molecule has 120 valence electrons. The lowest BCUT2D eigenvalue weighted by atomic mass is 10.2. The zero-order valence-corrected chi connectivity index (χ0v) is 13.0. The van der Waals surface area contributed by atoms with Crippen molar-refractivity contribution in [3.8, 4) is 17.2 Å². The van der Waals surface area contributed by atoms with Crippen LogP contribution in [0.15, 0.2) is 48.5 Å². The lowest BCUT2D eigenvalue weighted by Crippen LogP contribution is -2.40. The lowest BCUT2D eigenvalue weighted by Gasteiger charge is -2.25. The Labute approximate surface area is 135 Å². The predicted molar refractivity (Wildman–Crippen MR) is 87.2 cm³/mol. The average molecular weight is 313 g/mol. The van der Waals surface area contributed by atoms with Crippen LogP contribution in [0.3, 0.4) is 0 Å². The number of rotatable bonds is 5. The van der Waals surface area contributed by atoms with Crippen molar-refractivity contribution in [2.24, 2.45) is 0 Å². The fraction of sp³-hybridized carbons (Fsp3) is 0.278. The highest BCUT2D eigenvalue weighted by Crippen LogP contribution is 2.31. The Morgan fingerprint density at radius 1 is 1.17 bits per heavy atom. The summed E-state index contributed by atoms with van der Waals surface area (Å²) in [5.41, 5.74) is 0.633. The van der Waals surface area contributed by atoms with Crippen molar-refractivity contribution in [1.82, 2.24) is 0 Å². The minimum absolute atomic E-state index is 0.181. The van der Waals surface area contributed by atoms with Crippen molar-refractivity contribution in [3.63, 3.8) is 0 Å². The van der Waals surface area contributed by atoms with Gasteiger partial charge in [0.1, 0.15) is 12.4 Å². The highest BCUT2D eigenvalue weighted by atomic mass is 16.6. The average Bonchev–Trinajstić information content (AvgIpc) is 2.60. The molecule has 0 bridgehead atoms. The van der Waals surface area contributed by atoms with Crippen LogP contribution in [0.5, 0.6) is 17.2 Å². The summed E-state index contributed by atoms with van der Waals surface area (Å²) >= 11 is 0. The molecule has 0 aliphatic carbocycles. The third-order valence-corrected chi connectivity index (χ3v) is 3.41. The Morgan fingerprint density at radius 3 is 2.74 bits per heavy atom. The fourth-order valence-electron chi connectivity index (χ4n) is 2.27. The van der Waals surface area contributed by atoms with Gasteiger partial charge in [-0.2, -0.15) is 0 Å². The van der Waals surface area contributed by atoms with Crippen molar-refractivity contribution in [3.05, 3.63) is 48.5 Å². The van der Waals surface area contributed by atoms with Gasteiger partial charge >= 0.3 is 0 Å². The van der Waals surface area contributed by atoms with E-state index < -0.39 is 6.10 Å². The number of para-hydroxylation sites is 4. The largest absolute Gasteiger partial charge is 0.491 e. The highest BCUT2D eigenvalue weighted by molar-refractivity contribution is 5.96. The summed E-state index contributed by atoms with van der Waals surface area (Å²) in [5.74, 6) is 1.63. The van der Waals surface area contributed by atoms with Crippen molar-refractivity contribution in [2.45, 2.75) is 19.4 Å². The molecular formula is C18H19NO4. The molecule has 5 nitrogen and oxygen atoms in total. The summed E-state index contributed by atoms with van der Waals surface area (Å²) in [6, 6.07) is 14.7. The van der Waals surface area contributed by atoms with Crippen LogP contribution < -0.4 is 19.5 Å². The summed E-state index contributed by atoms with van der Waals surface area (Å²) in [6.07, 6.45) is 0.211. The zero-order chi connectivity index (χ0) is 16.1. The van der Waals surface area contributed by atoms with E-state index in [4.69, 9.17) is 14.2 Å². The summed E-state index contributed by atoms with van der Waals surface area (Å²) in [6.45, 7) is 2.82. The molecule has 0 fully saturated rings. The number of carbonyl (C=O) groups excluding carboxylic acids is 1. The number of fused-ring (bicyclic) bond motifs is 1. The number of anilines is 1. The number of carbonyl (C=O) groups is 1. The topological polar surface area (TPSA) is 56.8 Å². The lowest BCUT2D eigenvalue weighted by molar-refractivity contribution is -0.125. The van der Waals surface area contributed by atoms with Crippen LogP contribution in [0.1, 0.15) is 13.3 Å². The van der Waals surface area contributed by atoms with Crippen molar-refractivity contribution in [1.29, 1.82) is 0 Å². The van der Waals surface area contributed by atoms with Crippen LogP contribution in [0.4, 0.5) is 5.69 Å². The van der Waals surface area contributed by atoms with Gasteiger partial charge in [-0.3, -0.25) is 4.79 Å². The summed E-state index contributed by atoms with van der Waals surface area (Å²) in [5, 5.41) is 2.85. The van der Waals surface area contributed by atoms with Gasteiger partial charge in [0.05, 0.1) is 12.3 Å². The van der Waals surface area contributed by atoms with Crippen LogP contribution in [0.2, 0.25) is 0 Å². The molecule has 3 rings (SSSR count). The van der Waals surface area contributed by atoms with Gasteiger partial charge < -0.3 is 19.5 Å². The van der Waals surface area contributed by atoms with Crippen LogP contribution in [0.25, 0.3) is 0 Å². The SMILES string of the molecule is CCCOc1ccccc1NC(=O)C1COc2ccccc2O1. The normalized spacial score (nSPS) is 15.8. The minimum atomic E-state index is -0.691. The highest BCUT2D eigenvalue weighted by Gasteiger charge is 2.27. The molecule has 5 heteroatoms. The van der Waals surface area contributed by atoms with Crippen molar-refractivity contribution < 1.29 is 19.0 Å². The van der Waals surface area contributed by atoms with Gasteiger partial charge in [0.2, 0.25) is 6.10 Å². The first-order valence-electron chi connectivity index (χ1n) is 7.69. The maximum absolute atomic E-state index is 12.4. The van der Waals surface area contributed by atoms with Gasteiger partial charge in [0, 0.05) is 0 Å². The number of hydrogen-bond acceptors (Lipinski definition) is 4. The molecule has 1 N–H and O–H groups in total. The second-order valence-electron chi connectivity index (χ2n) is 5.20. The van der Waals surface area contributed by atoms with Crippen LogP contribution in [-0.4, -0.2) is 25.2 Å². The molecule has 0 radical (unpaired) electrons. The van der Waals surface area contributed by atoms with Crippen molar-refractivity contribution in [2.75, 3.05) is 18.5 Å². The number of benzene rings is 2. The second-order valence-corrected chi connectivity index (χ2v) is 5.20. The van der Waals surface area contributed by atoms with E-state index in [2.05, 4.69) is 5.32 Å². The zero-order valence-electron chi connectivity index (χ0n) is 13.0. The molecule has 1 atom stereocenters. The standard InChI is InChI=1S/C18H19NO4/c1-2-11-21-14-8-4-3-7-13(14)19-18(20)17-12-22-15-9-5-6-10-16(15)23-17/h3-10,17H,2,11-12H2,1H3,(H,19,20). The molecule has 2 aromatic carbocycles. The molecule has 1 heterocycles. The van der Waals surface area contributed by atoms with E-state index >= 15 is 0 Å². The van der Waals surface area contributed by atoms with E-state index in [1.807, 2.05) is 43.3 Å². The molecule has 0 saturated carbocycles. The number of ether oxygens (including phenoxy) is 3. The Kier molecular flexibility index (Phi) is 4.66. The Hall–Kier alpha value is -2.69. The predicted octanol–water partition coefficient (Wildman–Crippen LogP) is 3.25. The first-order valence-corrected chi connectivity index (χ1v) is 7.69. The van der Waals surface area contributed by atoms with E-state index in [0.29, 0.717) is 29.5 Å². The van der Waals surface area contributed by atoms with Gasteiger partial charge in [-0.05, 0) is 30.7 Å². The number of hydrogen-bond donors (Lipinski definition) is 1. The van der Waals surface area contributed by atoms with E-state index in [1.165, 1.54) is 0 Å². The minimum Gasteiger partial charge on any atom is -0.491 e. The smallest absolute Gasteiger partial charge is 0.269 e. The molecule has 1 aliphatic rings. The van der Waals surface area contributed by atoms with Gasteiger partial charge in [-0.15, -0.1) is 0 Å². The van der Waals surface area contributed by atoms with E-state index in [0.717, 1.165) is 6.42 Å². The molecule has 0 saturated heterocycles. The Balaban J connectivity index is 1.68. The quantitative estimate of drug-likeness (QED) is 0.920.